The Balaban J connectivity index is 1.70. The van der Waals surface area contributed by atoms with Crippen molar-refractivity contribution >= 4 is 17.2 Å². The zero-order chi connectivity index (χ0) is 21.8. The molecule has 1 fully saturated rings. The Morgan fingerprint density at radius 2 is 2.06 bits per heavy atom. The second-order valence-corrected chi connectivity index (χ2v) is 8.42. The minimum Gasteiger partial charge on any atom is -0.443 e. The largest absolute Gasteiger partial charge is 0.443 e. The van der Waals surface area contributed by atoms with Gasteiger partial charge in [0.1, 0.15) is 11.8 Å². The van der Waals surface area contributed by atoms with Gasteiger partial charge in [-0.2, -0.15) is 10.5 Å². The number of imidazole rings is 1. The van der Waals surface area contributed by atoms with E-state index in [0.29, 0.717) is 18.5 Å². The lowest BCUT2D eigenvalue weighted by Gasteiger charge is -2.33. The van der Waals surface area contributed by atoms with E-state index in [9.17, 15) is 10.1 Å². The predicted octanol–water partition coefficient (Wildman–Crippen LogP) is 3.92. The molecule has 4 N–H and O–H groups in total. The van der Waals surface area contributed by atoms with E-state index in [2.05, 4.69) is 33.5 Å². The lowest BCUT2D eigenvalue weighted by Crippen LogP contribution is -2.32. The lowest BCUT2D eigenvalue weighted by molar-refractivity contribution is 0.101. The average Bonchev–Trinajstić information content (AvgIpc) is 3.30. The SMILES string of the molecule is N#Cc1cnc(C(=O)Nc2ccc(C3(C#N)CCC([OH2+])CC3)cc2C2=CCCCC2)[nH]1. The first-order valence-electron chi connectivity index (χ1n) is 10.8. The summed E-state index contributed by atoms with van der Waals surface area (Å²) in [6, 6.07) is 10.3. The number of amides is 1. The molecule has 0 spiro atoms. The molecule has 7 heteroatoms. The Bertz CT molecular complexity index is 1090. The van der Waals surface area contributed by atoms with Crippen molar-refractivity contribution in [3.05, 3.63) is 53.1 Å². The van der Waals surface area contributed by atoms with Crippen LogP contribution < -0.4 is 5.32 Å². The highest BCUT2D eigenvalue weighted by Gasteiger charge is 2.38. The van der Waals surface area contributed by atoms with Crippen LogP contribution in [-0.4, -0.2) is 27.1 Å². The average molecular weight is 417 g/mol. The van der Waals surface area contributed by atoms with Gasteiger partial charge in [-0.15, -0.1) is 0 Å². The highest BCUT2D eigenvalue weighted by Crippen LogP contribution is 2.42. The maximum atomic E-state index is 12.7. The molecule has 0 aliphatic heterocycles. The van der Waals surface area contributed by atoms with Crippen molar-refractivity contribution in [2.24, 2.45) is 0 Å². The number of rotatable bonds is 4. The number of hydrogen-bond acceptors (Lipinski definition) is 4. The number of carbonyl (C=O) groups excluding carboxylic acids is 1. The standard InChI is InChI=1S/C24H25N5O2/c25-13-18-14-27-22(28-18)23(31)29-21-7-6-17(12-20(21)16-4-2-1-3-5-16)24(15-26)10-8-19(30)9-11-24/h4,6-7,12,14,19,30H,1-3,5,8-11H2,(H,27,28)(H,29,31)/p+1. The fraction of sp³-hybridized carbons (Fsp3) is 0.417. The molecule has 1 saturated carbocycles. The molecule has 1 aromatic carbocycles. The third kappa shape index (κ3) is 4.23. The molecule has 0 unspecified atom stereocenters. The van der Waals surface area contributed by atoms with Crippen molar-refractivity contribution in [2.75, 3.05) is 5.32 Å². The number of aromatic amines is 1. The summed E-state index contributed by atoms with van der Waals surface area (Å²) in [7, 11) is 0. The molecule has 2 aliphatic carbocycles. The lowest BCUT2D eigenvalue weighted by atomic mass is 9.69. The van der Waals surface area contributed by atoms with Crippen LogP contribution >= 0.6 is 0 Å². The van der Waals surface area contributed by atoms with Crippen LogP contribution in [0.2, 0.25) is 0 Å². The van der Waals surface area contributed by atoms with Crippen molar-refractivity contribution in [3.8, 4) is 12.1 Å². The molecule has 7 nitrogen and oxygen atoms in total. The van der Waals surface area contributed by atoms with Gasteiger partial charge >= 0.3 is 0 Å². The fourth-order valence-electron chi connectivity index (χ4n) is 4.55. The molecule has 0 saturated heterocycles. The normalized spacial score (nSPS) is 23.3. The Kier molecular flexibility index (Phi) is 5.88. The summed E-state index contributed by atoms with van der Waals surface area (Å²) >= 11 is 0. The molecule has 0 radical (unpaired) electrons. The first-order chi connectivity index (χ1) is 15.0. The van der Waals surface area contributed by atoms with Crippen molar-refractivity contribution in [2.45, 2.75) is 62.9 Å². The predicted molar refractivity (Wildman–Crippen MR) is 117 cm³/mol. The van der Waals surface area contributed by atoms with Gasteiger partial charge in [-0.1, -0.05) is 12.1 Å². The summed E-state index contributed by atoms with van der Waals surface area (Å²) < 4.78 is 0. The number of nitriles is 2. The molecule has 1 heterocycles. The third-order valence-corrected chi connectivity index (χ3v) is 6.42. The fourth-order valence-corrected chi connectivity index (χ4v) is 4.55. The van der Waals surface area contributed by atoms with Crippen LogP contribution in [0.5, 0.6) is 0 Å². The second kappa shape index (κ2) is 8.75. The number of nitrogens with one attached hydrogen (secondary N) is 2. The summed E-state index contributed by atoms with van der Waals surface area (Å²) in [5.74, 6) is -0.317. The number of anilines is 1. The first kappa shape index (κ1) is 20.8. The first-order valence-corrected chi connectivity index (χ1v) is 10.8. The van der Waals surface area contributed by atoms with E-state index >= 15 is 0 Å². The molecule has 2 aliphatic rings. The van der Waals surface area contributed by atoms with Crippen LogP contribution in [0.1, 0.15) is 78.8 Å². The highest BCUT2D eigenvalue weighted by atomic mass is 16.3. The number of nitrogens with zero attached hydrogens (tertiary/aromatic N) is 3. The van der Waals surface area contributed by atoms with Gasteiger partial charge in [0.2, 0.25) is 0 Å². The minimum atomic E-state index is -0.577. The van der Waals surface area contributed by atoms with Gasteiger partial charge in [0, 0.05) is 24.1 Å². The number of benzene rings is 1. The van der Waals surface area contributed by atoms with Crippen molar-refractivity contribution in [3.63, 3.8) is 0 Å². The second-order valence-electron chi connectivity index (χ2n) is 8.42. The van der Waals surface area contributed by atoms with E-state index in [-0.39, 0.29) is 17.6 Å². The van der Waals surface area contributed by atoms with E-state index in [0.717, 1.165) is 49.7 Å². The van der Waals surface area contributed by atoms with Gasteiger partial charge in [0.15, 0.2) is 11.9 Å². The van der Waals surface area contributed by atoms with Gasteiger partial charge in [-0.3, -0.25) is 4.79 Å². The molecular formula is C24H26N5O2+. The van der Waals surface area contributed by atoms with E-state index in [1.807, 2.05) is 18.2 Å². The molecule has 0 bridgehead atoms. The van der Waals surface area contributed by atoms with Gasteiger partial charge in [0.05, 0.1) is 17.7 Å². The molecular weight excluding hydrogens is 390 g/mol. The van der Waals surface area contributed by atoms with Gasteiger partial charge in [0.25, 0.3) is 5.91 Å². The zero-order valence-electron chi connectivity index (χ0n) is 17.4. The number of aromatic nitrogens is 2. The number of hydrogen-bond donors (Lipinski definition) is 2. The molecule has 4 rings (SSSR count). The summed E-state index contributed by atoms with van der Waals surface area (Å²) in [5.41, 5.74) is 3.43. The quantitative estimate of drug-likeness (QED) is 0.732. The van der Waals surface area contributed by atoms with Crippen LogP contribution in [0.15, 0.2) is 30.5 Å². The number of allylic oxidation sites excluding steroid dienone is 2. The monoisotopic (exact) mass is 416 g/mol. The van der Waals surface area contributed by atoms with Crippen molar-refractivity contribution in [1.29, 1.82) is 10.5 Å². The molecule has 31 heavy (non-hydrogen) atoms. The molecule has 1 aromatic heterocycles. The summed E-state index contributed by atoms with van der Waals surface area (Å²) in [6.45, 7) is 0. The van der Waals surface area contributed by atoms with Crippen LogP contribution in [0.3, 0.4) is 0 Å². The number of H-pyrrole nitrogens is 1. The van der Waals surface area contributed by atoms with Crippen LogP contribution in [0.25, 0.3) is 5.57 Å². The summed E-state index contributed by atoms with van der Waals surface area (Å²) in [6.07, 6.45) is 10.5. The van der Waals surface area contributed by atoms with Crippen molar-refractivity contribution in [1.82, 2.24) is 9.97 Å². The van der Waals surface area contributed by atoms with Crippen molar-refractivity contribution < 1.29 is 9.90 Å². The van der Waals surface area contributed by atoms with Crippen LogP contribution in [0, 0.1) is 22.7 Å². The molecule has 2 aromatic rings. The van der Waals surface area contributed by atoms with E-state index in [1.165, 1.54) is 11.8 Å². The minimum absolute atomic E-state index is 0.0893. The Labute approximate surface area is 181 Å². The molecule has 0 atom stereocenters. The van der Waals surface area contributed by atoms with Gasteiger partial charge in [-0.25, -0.2) is 4.98 Å². The van der Waals surface area contributed by atoms with E-state index in [1.54, 1.807) is 0 Å². The number of carbonyl (C=O) groups is 1. The maximum Gasteiger partial charge on any atom is 0.291 e. The van der Waals surface area contributed by atoms with Crippen LogP contribution in [-0.2, 0) is 5.41 Å². The summed E-state index contributed by atoms with van der Waals surface area (Å²) in [5, 5.41) is 29.9. The third-order valence-electron chi connectivity index (χ3n) is 6.42. The smallest absolute Gasteiger partial charge is 0.291 e. The molecule has 1 amide bonds. The van der Waals surface area contributed by atoms with E-state index in [4.69, 9.17) is 10.4 Å². The zero-order valence-corrected chi connectivity index (χ0v) is 17.4. The summed E-state index contributed by atoms with van der Waals surface area (Å²) in [4.78, 5) is 19.4. The van der Waals surface area contributed by atoms with E-state index < -0.39 is 11.3 Å². The van der Waals surface area contributed by atoms with Crippen LogP contribution in [0.4, 0.5) is 5.69 Å². The topological polar surface area (TPSA) is 128 Å². The Morgan fingerprint density at radius 1 is 1.26 bits per heavy atom. The Hall–Kier alpha value is -3.42. The highest BCUT2D eigenvalue weighted by molar-refractivity contribution is 6.03. The van der Waals surface area contributed by atoms with Gasteiger partial charge in [-0.05, 0) is 61.8 Å². The van der Waals surface area contributed by atoms with Gasteiger partial charge < -0.3 is 15.4 Å². The molecule has 158 valence electrons. The maximum absolute atomic E-state index is 12.7. The Morgan fingerprint density at radius 3 is 2.71 bits per heavy atom.